The number of nitrogens with one attached hydrogen (secondary N) is 2. The molecule has 6 nitrogen and oxygen atoms in total. The molecule has 2 unspecified atom stereocenters. The third kappa shape index (κ3) is 2.77. The Bertz CT molecular complexity index is 771. The number of carbonyl (C=O) groups excluding carboxylic acids is 2. The van der Waals surface area contributed by atoms with Gasteiger partial charge < -0.3 is 15.5 Å². The van der Waals surface area contributed by atoms with Crippen LogP contribution in [0.2, 0.25) is 0 Å². The molecule has 4 N–H and O–H groups in total. The van der Waals surface area contributed by atoms with E-state index in [9.17, 15) is 14.7 Å². The van der Waals surface area contributed by atoms with Crippen LogP contribution in [0.5, 0.6) is 0 Å². The van der Waals surface area contributed by atoms with Crippen molar-refractivity contribution in [1.29, 1.82) is 0 Å². The summed E-state index contributed by atoms with van der Waals surface area (Å²) in [5.74, 6) is -0.552. The molecule has 0 saturated carbocycles. The lowest BCUT2D eigenvalue weighted by Crippen LogP contribution is -2.49. The van der Waals surface area contributed by atoms with E-state index < -0.39 is 23.6 Å². The summed E-state index contributed by atoms with van der Waals surface area (Å²) in [7, 11) is 0. The Morgan fingerprint density at radius 1 is 1.00 bits per heavy atom. The molecule has 1 aliphatic rings. The van der Waals surface area contributed by atoms with Crippen molar-refractivity contribution in [2.24, 2.45) is 0 Å². The summed E-state index contributed by atoms with van der Waals surface area (Å²) in [5.41, 5.74) is 1.90. The molecule has 1 saturated heterocycles. The molecule has 0 bridgehead atoms. The normalized spacial score (nSPS) is 21.3. The average molecular weight is 326 g/mol. The van der Waals surface area contributed by atoms with E-state index >= 15 is 0 Å². The quantitative estimate of drug-likeness (QED) is 0.640. The Labute approximate surface area is 139 Å². The number of aliphatic hydroxyl groups excluding tert-OH is 2. The number of hydrogen-bond acceptors (Lipinski definition) is 4. The molecule has 3 rings (SSSR count). The SMILES string of the molecule is CC1(C(O)c2ccc(-c3ccc(CO)cc3)cc2)NC(=O)NC1=O. The number of imide groups is 1. The van der Waals surface area contributed by atoms with E-state index in [0.717, 1.165) is 16.7 Å². The number of urea groups is 1. The second-order valence-corrected chi connectivity index (χ2v) is 5.99. The molecule has 0 aromatic heterocycles. The van der Waals surface area contributed by atoms with Crippen molar-refractivity contribution < 1.29 is 19.8 Å². The largest absolute Gasteiger partial charge is 0.392 e. The Morgan fingerprint density at radius 2 is 1.54 bits per heavy atom. The van der Waals surface area contributed by atoms with Gasteiger partial charge in [0.25, 0.3) is 5.91 Å². The van der Waals surface area contributed by atoms with Crippen LogP contribution < -0.4 is 10.6 Å². The number of amides is 3. The molecule has 2 aromatic carbocycles. The standard InChI is InChI=1S/C18H18N2O4/c1-18(16(23)19-17(24)20-18)15(22)14-8-6-13(7-9-14)12-4-2-11(10-21)3-5-12/h2-9,15,21-22H,10H2,1H3,(H2,19,20,23,24). The van der Waals surface area contributed by atoms with E-state index in [1.54, 1.807) is 12.1 Å². The van der Waals surface area contributed by atoms with Gasteiger partial charge in [0, 0.05) is 0 Å². The van der Waals surface area contributed by atoms with Crippen molar-refractivity contribution in [3.8, 4) is 11.1 Å². The first kappa shape index (κ1) is 16.2. The van der Waals surface area contributed by atoms with Crippen LogP contribution in [0.4, 0.5) is 4.79 Å². The molecule has 24 heavy (non-hydrogen) atoms. The number of hydrogen-bond donors (Lipinski definition) is 4. The highest BCUT2D eigenvalue weighted by Gasteiger charge is 2.48. The second-order valence-electron chi connectivity index (χ2n) is 5.99. The van der Waals surface area contributed by atoms with Crippen molar-refractivity contribution in [2.75, 3.05) is 0 Å². The van der Waals surface area contributed by atoms with Crippen molar-refractivity contribution >= 4 is 11.9 Å². The van der Waals surface area contributed by atoms with Gasteiger partial charge in [0.15, 0.2) is 0 Å². The summed E-state index contributed by atoms with van der Waals surface area (Å²) >= 11 is 0. The summed E-state index contributed by atoms with van der Waals surface area (Å²) in [4.78, 5) is 23.2. The lowest BCUT2D eigenvalue weighted by Gasteiger charge is -2.27. The van der Waals surface area contributed by atoms with E-state index in [4.69, 9.17) is 5.11 Å². The van der Waals surface area contributed by atoms with Gasteiger partial charge in [-0.05, 0) is 29.2 Å². The van der Waals surface area contributed by atoms with Gasteiger partial charge in [-0.25, -0.2) is 4.79 Å². The first-order chi connectivity index (χ1) is 11.4. The smallest absolute Gasteiger partial charge is 0.322 e. The molecule has 3 amide bonds. The third-order valence-corrected chi connectivity index (χ3v) is 4.32. The molecular weight excluding hydrogens is 308 g/mol. The average Bonchev–Trinajstić information content (AvgIpc) is 2.87. The minimum Gasteiger partial charge on any atom is -0.392 e. The van der Waals surface area contributed by atoms with Gasteiger partial charge in [0.05, 0.1) is 6.61 Å². The summed E-state index contributed by atoms with van der Waals surface area (Å²) in [6.07, 6.45) is -1.16. The molecule has 0 radical (unpaired) electrons. The van der Waals surface area contributed by atoms with E-state index in [0.29, 0.717) is 5.56 Å². The molecule has 6 heteroatoms. The number of rotatable bonds is 4. The summed E-state index contributed by atoms with van der Waals surface area (Å²) in [6, 6.07) is 14.0. The Morgan fingerprint density at radius 3 is 2.00 bits per heavy atom. The topological polar surface area (TPSA) is 98.7 Å². The summed E-state index contributed by atoms with van der Waals surface area (Å²) in [6.45, 7) is 1.48. The van der Waals surface area contributed by atoms with Gasteiger partial charge >= 0.3 is 6.03 Å². The van der Waals surface area contributed by atoms with E-state index in [1.165, 1.54) is 6.92 Å². The van der Waals surface area contributed by atoms with Gasteiger partial charge in [-0.3, -0.25) is 10.1 Å². The maximum absolute atomic E-state index is 11.9. The monoisotopic (exact) mass is 326 g/mol. The first-order valence-corrected chi connectivity index (χ1v) is 7.56. The predicted octanol–water partition coefficient (Wildman–Crippen LogP) is 1.48. The second kappa shape index (κ2) is 6.07. The highest BCUT2D eigenvalue weighted by atomic mass is 16.3. The van der Waals surface area contributed by atoms with Crippen molar-refractivity contribution in [3.63, 3.8) is 0 Å². The van der Waals surface area contributed by atoms with Gasteiger partial charge in [-0.1, -0.05) is 48.5 Å². The molecule has 2 atom stereocenters. The molecule has 1 fully saturated rings. The fourth-order valence-corrected chi connectivity index (χ4v) is 2.74. The highest BCUT2D eigenvalue weighted by molar-refractivity contribution is 6.07. The zero-order valence-corrected chi connectivity index (χ0v) is 13.1. The fraction of sp³-hybridized carbons (Fsp3) is 0.222. The maximum atomic E-state index is 11.9. The zero-order chi connectivity index (χ0) is 17.3. The molecule has 0 aliphatic carbocycles. The maximum Gasteiger partial charge on any atom is 0.322 e. The molecule has 1 heterocycles. The van der Waals surface area contributed by atoms with Crippen LogP contribution in [-0.2, 0) is 11.4 Å². The first-order valence-electron chi connectivity index (χ1n) is 7.56. The number of carbonyl (C=O) groups is 2. The Kier molecular flexibility index (Phi) is 4.09. The van der Waals surface area contributed by atoms with Crippen molar-refractivity contribution in [1.82, 2.24) is 10.6 Å². The van der Waals surface area contributed by atoms with Gasteiger partial charge in [-0.15, -0.1) is 0 Å². The van der Waals surface area contributed by atoms with Crippen LogP contribution in [0.3, 0.4) is 0 Å². The molecule has 2 aromatic rings. The van der Waals surface area contributed by atoms with E-state index in [1.807, 2.05) is 36.4 Å². The van der Waals surface area contributed by atoms with Crippen LogP contribution in [-0.4, -0.2) is 27.7 Å². The molecular formula is C18H18N2O4. The minimum absolute atomic E-state index is 0.00221. The van der Waals surface area contributed by atoms with Crippen LogP contribution >= 0.6 is 0 Å². The number of aliphatic hydroxyl groups is 2. The van der Waals surface area contributed by atoms with Crippen LogP contribution in [0.1, 0.15) is 24.2 Å². The van der Waals surface area contributed by atoms with Crippen LogP contribution in [0.25, 0.3) is 11.1 Å². The third-order valence-electron chi connectivity index (χ3n) is 4.32. The van der Waals surface area contributed by atoms with Gasteiger partial charge in [-0.2, -0.15) is 0 Å². The molecule has 0 spiro atoms. The minimum atomic E-state index is -1.39. The highest BCUT2D eigenvalue weighted by Crippen LogP contribution is 2.30. The van der Waals surface area contributed by atoms with Crippen LogP contribution in [0, 0.1) is 0 Å². The summed E-state index contributed by atoms with van der Waals surface area (Å²) in [5, 5.41) is 24.2. The van der Waals surface area contributed by atoms with Gasteiger partial charge in [0.2, 0.25) is 0 Å². The molecule has 1 aliphatic heterocycles. The zero-order valence-electron chi connectivity index (χ0n) is 13.1. The Balaban J connectivity index is 1.83. The fourth-order valence-electron chi connectivity index (χ4n) is 2.74. The predicted molar refractivity (Wildman–Crippen MR) is 87.8 cm³/mol. The lowest BCUT2D eigenvalue weighted by molar-refractivity contribution is -0.127. The number of benzene rings is 2. The van der Waals surface area contributed by atoms with Crippen molar-refractivity contribution in [2.45, 2.75) is 25.2 Å². The van der Waals surface area contributed by atoms with E-state index in [-0.39, 0.29) is 6.61 Å². The van der Waals surface area contributed by atoms with Crippen LogP contribution in [0.15, 0.2) is 48.5 Å². The lowest BCUT2D eigenvalue weighted by atomic mass is 9.89. The molecule has 124 valence electrons. The van der Waals surface area contributed by atoms with E-state index in [2.05, 4.69) is 10.6 Å². The Hall–Kier alpha value is -2.70. The van der Waals surface area contributed by atoms with Crippen molar-refractivity contribution in [3.05, 3.63) is 59.7 Å². The van der Waals surface area contributed by atoms with Gasteiger partial charge in [0.1, 0.15) is 11.6 Å². The summed E-state index contributed by atoms with van der Waals surface area (Å²) < 4.78 is 0.